The van der Waals surface area contributed by atoms with Gasteiger partial charge in [-0.15, -0.1) is 0 Å². The molecule has 1 atom stereocenters. The number of carbonyl (C=O) groups excluding carboxylic acids is 1. The van der Waals surface area contributed by atoms with E-state index in [1.54, 1.807) is 24.3 Å². The third kappa shape index (κ3) is 4.69. The van der Waals surface area contributed by atoms with Gasteiger partial charge in [-0.1, -0.05) is 42.5 Å². The maximum atomic E-state index is 13.6. The Morgan fingerprint density at radius 2 is 1.91 bits per heavy atom. The van der Waals surface area contributed by atoms with Crippen molar-refractivity contribution in [3.8, 4) is 11.3 Å². The van der Waals surface area contributed by atoms with Gasteiger partial charge in [0.1, 0.15) is 11.8 Å². The number of aromatic nitrogens is 3. The molecule has 3 N–H and O–H groups in total. The van der Waals surface area contributed by atoms with Gasteiger partial charge in [-0.3, -0.25) is 9.69 Å². The van der Waals surface area contributed by atoms with Gasteiger partial charge in [-0.05, 0) is 30.2 Å². The van der Waals surface area contributed by atoms with E-state index in [-0.39, 0.29) is 29.0 Å². The second-order valence-corrected chi connectivity index (χ2v) is 8.61. The first kappa shape index (κ1) is 22.9. The van der Waals surface area contributed by atoms with Gasteiger partial charge < -0.3 is 11.1 Å². The average Bonchev–Trinajstić information content (AvgIpc) is 3.45. The molecule has 0 spiro atoms. The molecule has 0 bridgehead atoms. The van der Waals surface area contributed by atoms with Crippen LogP contribution in [0.1, 0.15) is 27.9 Å². The maximum Gasteiger partial charge on any atom is 0.418 e. The molecule has 5 rings (SSSR count). The number of hydrogen-bond donors (Lipinski definition) is 2. The fraction of sp³-hybridized carbons (Fsp3) is 0.240. The zero-order valence-electron chi connectivity index (χ0n) is 18.7. The number of likely N-dealkylation sites (tertiary alicyclic amines) is 1. The molecule has 1 fully saturated rings. The molecule has 7 nitrogen and oxygen atoms in total. The molecule has 0 radical (unpaired) electrons. The fourth-order valence-corrected chi connectivity index (χ4v) is 4.51. The fourth-order valence-electron chi connectivity index (χ4n) is 4.51. The summed E-state index contributed by atoms with van der Waals surface area (Å²) in [6, 6.07) is 17.6. The van der Waals surface area contributed by atoms with E-state index in [2.05, 4.69) is 32.4 Å². The molecule has 10 heteroatoms. The number of nitrogens with one attached hydrogen (secondary N) is 1. The van der Waals surface area contributed by atoms with E-state index in [0.717, 1.165) is 43.0 Å². The van der Waals surface area contributed by atoms with Crippen LogP contribution in [0, 0.1) is 0 Å². The quantitative estimate of drug-likeness (QED) is 0.451. The lowest BCUT2D eigenvalue weighted by molar-refractivity contribution is -0.136. The highest BCUT2D eigenvalue weighted by Crippen LogP contribution is 2.38. The highest BCUT2D eigenvalue weighted by molar-refractivity contribution is 5.95. The predicted octanol–water partition coefficient (Wildman–Crippen LogP) is 4.00. The van der Waals surface area contributed by atoms with E-state index < -0.39 is 11.7 Å². The second kappa shape index (κ2) is 9.03. The van der Waals surface area contributed by atoms with Crippen LogP contribution in [0.3, 0.4) is 0 Å². The van der Waals surface area contributed by atoms with Crippen LogP contribution in [-0.2, 0) is 12.7 Å². The lowest BCUT2D eigenvalue weighted by atomic mass is 10.1. The van der Waals surface area contributed by atoms with E-state index >= 15 is 0 Å². The van der Waals surface area contributed by atoms with Crippen molar-refractivity contribution >= 4 is 17.2 Å². The van der Waals surface area contributed by atoms with Gasteiger partial charge in [0.05, 0.1) is 11.3 Å². The van der Waals surface area contributed by atoms with Crippen molar-refractivity contribution < 1.29 is 18.0 Å². The number of rotatable bonds is 5. The number of alkyl halides is 3. The Hall–Kier alpha value is -3.92. The van der Waals surface area contributed by atoms with Crippen LogP contribution < -0.4 is 11.1 Å². The number of carbonyl (C=O) groups is 1. The molecule has 1 aliphatic rings. The first-order valence-electron chi connectivity index (χ1n) is 11.2. The first-order chi connectivity index (χ1) is 16.8. The van der Waals surface area contributed by atoms with Gasteiger partial charge in [0.15, 0.2) is 5.82 Å². The van der Waals surface area contributed by atoms with Gasteiger partial charge >= 0.3 is 6.18 Å². The Balaban J connectivity index is 1.35. The van der Waals surface area contributed by atoms with Crippen LogP contribution in [0.5, 0.6) is 0 Å². The summed E-state index contributed by atoms with van der Waals surface area (Å²) in [4.78, 5) is 19.0. The topological polar surface area (TPSA) is 88.5 Å². The molecule has 2 aromatic carbocycles. The molecule has 3 heterocycles. The number of anilines is 1. The number of benzene rings is 2. The van der Waals surface area contributed by atoms with Crippen molar-refractivity contribution in [1.82, 2.24) is 24.8 Å². The number of nitrogens with two attached hydrogens (primary N) is 1. The molecular formula is C25H23F3N6O. The molecule has 2 aromatic heterocycles. The van der Waals surface area contributed by atoms with Crippen LogP contribution in [0.4, 0.5) is 19.0 Å². The van der Waals surface area contributed by atoms with Crippen LogP contribution in [-0.4, -0.2) is 44.5 Å². The second-order valence-electron chi connectivity index (χ2n) is 8.61. The highest BCUT2D eigenvalue weighted by atomic mass is 19.4. The Kier molecular flexibility index (Phi) is 5.89. The van der Waals surface area contributed by atoms with E-state index in [1.165, 1.54) is 5.56 Å². The summed E-state index contributed by atoms with van der Waals surface area (Å²) < 4.78 is 42.0. The van der Waals surface area contributed by atoms with Crippen LogP contribution in [0.2, 0.25) is 0 Å². The molecule has 35 heavy (non-hydrogen) atoms. The summed E-state index contributed by atoms with van der Waals surface area (Å²) in [5, 5.41) is 7.02. The molecule has 1 amide bonds. The van der Waals surface area contributed by atoms with Crippen LogP contribution >= 0.6 is 0 Å². The van der Waals surface area contributed by atoms with Gasteiger partial charge in [0, 0.05) is 36.8 Å². The lowest BCUT2D eigenvalue weighted by Crippen LogP contribution is -2.37. The summed E-state index contributed by atoms with van der Waals surface area (Å²) in [6.45, 7) is 2.42. The third-order valence-corrected chi connectivity index (χ3v) is 6.17. The minimum atomic E-state index is -4.63. The first-order valence-corrected chi connectivity index (χ1v) is 11.2. The van der Waals surface area contributed by atoms with E-state index in [0.29, 0.717) is 11.1 Å². The molecular weight excluding hydrogens is 457 g/mol. The Labute approximate surface area is 199 Å². The molecule has 0 saturated carbocycles. The standard InChI is InChI=1S/C25H23F3N6O/c26-25(27,28)20-12-21(34-22(20)23(29)30-15-31-34)17-7-4-8-18(11-17)24(35)32-19-9-10-33(14-19)13-16-5-2-1-3-6-16/h1-8,11-12,15,19H,9-10,13-14H2,(H,32,35)(H2,29,30,31)/t19-/m0/s1. The van der Waals surface area contributed by atoms with Crippen molar-refractivity contribution in [2.45, 2.75) is 25.2 Å². The van der Waals surface area contributed by atoms with Crippen molar-refractivity contribution in [1.29, 1.82) is 0 Å². The minimum Gasteiger partial charge on any atom is -0.382 e. The lowest BCUT2D eigenvalue weighted by Gasteiger charge is -2.17. The summed E-state index contributed by atoms with van der Waals surface area (Å²) in [7, 11) is 0. The number of nitrogen functional groups attached to an aromatic ring is 1. The summed E-state index contributed by atoms with van der Waals surface area (Å²) in [6.07, 6.45) is -2.71. The van der Waals surface area contributed by atoms with Crippen LogP contribution in [0.15, 0.2) is 67.0 Å². The smallest absolute Gasteiger partial charge is 0.382 e. The zero-order chi connectivity index (χ0) is 24.6. The highest BCUT2D eigenvalue weighted by Gasteiger charge is 2.36. The Bertz CT molecular complexity index is 1370. The monoisotopic (exact) mass is 480 g/mol. The number of nitrogens with zero attached hydrogens (tertiary/aromatic N) is 4. The predicted molar refractivity (Wildman–Crippen MR) is 125 cm³/mol. The molecule has 4 aromatic rings. The summed E-state index contributed by atoms with van der Waals surface area (Å²) in [5.74, 6) is -0.543. The van der Waals surface area contributed by atoms with E-state index in [4.69, 9.17) is 5.73 Å². The minimum absolute atomic E-state index is 0.00614. The van der Waals surface area contributed by atoms with Gasteiger partial charge in [-0.25, -0.2) is 9.50 Å². The van der Waals surface area contributed by atoms with E-state index in [9.17, 15) is 18.0 Å². The van der Waals surface area contributed by atoms with Crippen LogP contribution in [0.25, 0.3) is 16.8 Å². The Morgan fingerprint density at radius 1 is 1.11 bits per heavy atom. The number of hydrogen-bond acceptors (Lipinski definition) is 5. The van der Waals surface area contributed by atoms with Crippen molar-refractivity contribution in [3.05, 3.63) is 83.7 Å². The maximum absolute atomic E-state index is 13.6. The van der Waals surface area contributed by atoms with Gasteiger partial charge in [0.2, 0.25) is 0 Å². The number of amides is 1. The Morgan fingerprint density at radius 3 is 2.69 bits per heavy atom. The van der Waals surface area contributed by atoms with Crippen molar-refractivity contribution in [2.24, 2.45) is 0 Å². The van der Waals surface area contributed by atoms with Crippen molar-refractivity contribution in [2.75, 3.05) is 18.8 Å². The van der Waals surface area contributed by atoms with E-state index in [1.807, 2.05) is 18.2 Å². The molecule has 1 aliphatic heterocycles. The van der Waals surface area contributed by atoms with Crippen molar-refractivity contribution in [3.63, 3.8) is 0 Å². The number of halogens is 3. The van der Waals surface area contributed by atoms with Gasteiger partial charge in [-0.2, -0.15) is 18.3 Å². The molecule has 0 unspecified atom stereocenters. The summed E-state index contributed by atoms with van der Waals surface area (Å²) >= 11 is 0. The normalized spacial score (nSPS) is 16.6. The molecule has 0 aliphatic carbocycles. The largest absolute Gasteiger partial charge is 0.418 e. The zero-order valence-corrected chi connectivity index (χ0v) is 18.7. The number of fused-ring (bicyclic) bond motifs is 1. The van der Waals surface area contributed by atoms with Gasteiger partial charge in [0.25, 0.3) is 5.91 Å². The third-order valence-electron chi connectivity index (χ3n) is 6.17. The summed E-state index contributed by atoms with van der Waals surface area (Å²) in [5.41, 5.74) is 6.66. The SMILES string of the molecule is Nc1ncnn2c(-c3cccc(C(=O)N[C@H]4CCN(Cc5ccccc5)C4)c3)cc(C(F)(F)F)c12. The molecule has 1 saturated heterocycles. The molecule has 180 valence electrons. The average molecular weight is 480 g/mol.